The number of fused-ring (bicyclic) bond motifs is 10. The Hall–Kier alpha value is -4.80. The second-order valence-corrected chi connectivity index (χ2v) is 31.0. The second-order valence-electron chi connectivity index (χ2n) is 29.9. The van der Waals surface area contributed by atoms with Crippen LogP contribution in [0.4, 0.5) is 34.1 Å². The lowest BCUT2D eigenvalue weighted by molar-refractivity contribution is 0.332. The summed E-state index contributed by atoms with van der Waals surface area (Å²) in [4.78, 5) is 5.54. The smallest absolute Gasteiger partial charge is 0.252 e. The minimum absolute atomic E-state index is 0.00717. The first-order chi connectivity index (χ1) is 33.8. The largest absolute Gasteiger partial charge is 0.311 e. The Labute approximate surface area is 444 Å². The third-order valence-electron chi connectivity index (χ3n) is 19.8. The van der Waals surface area contributed by atoms with E-state index in [0.717, 1.165) is 0 Å². The quantitative estimate of drug-likeness (QED) is 0.159. The number of hydrogen-bond acceptors (Lipinski definition) is 3. The van der Waals surface area contributed by atoms with Crippen molar-refractivity contribution in [2.75, 3.05) is 9.80 Å². The van der Waals surface area contributed by atoms with Gasteiger partial charge in [-0.2, -0.15) is 0 Å². The number of rotatable bonds is 2. The molecule has 0 saturated heterocycles. The van der Waals surface area contributed by atoms with Crippen molar-refractivity contribution >= 4 is 88.7 Å². The van der Waals surface area contributed by atoms with Crippen LogP contribution in [0, 0.1) is 6.92 Å². The molecule has 4 heteroatoms. The van der Waals surface area contributed by atoms with Gasteiger partial charge in [-0.1, -0.05) is 155 Å². The van der Waals surface area contributed by atoms with Crippen LogP contribution >= 0.6 is 11.3 Å². The Balaban J connectivity index is 1.26. The third-order valence-corrected chi connectivity index (χ3v) is 21.0. The molecule has 0 unspecified atom stereocenters. The van der Waals surface area contributed by atoms with Gasteiger partial charge in [-0.05, 0) is 210 Å². The summed E-state index contributed by atoms with van der Waals surface area (Å²) in [7, 11) is 0. The minimum atomic E-state index is -0.116. The minimum Gasteiger partial charge on any atom is -0.311 e. The predicted molar refractivity (Wildman–Crippen MR) is 321 cm³/mol. The molecule has 378 valence electrons. The molecule has 6 aromatic carbocycles. The van der Waals surface area contributed by atoms with Crippen LogP contribution in [-0.2, 0) is 43.3 Å². The molecule has 73 heavy (non-hydrogen) atoms. The van der Waals surface area contributed by atoms with Gasteiger partial charge in [0.1, 0.15) is 0 Å². The first-order valence-corrected chi connectivity index (χ1v) is 28.9. The van der Waals surface area contributed by atoms with E-state index >= 15 is 0 Å². The molecule has 0 amide bonds. The van der Waals surface area contributed by atoms with E-state index in [1.165, 1.54) is 159 Å². The van der Waals surface area contributed by atoms with Crippen molar-refractivity contribution < 1.29 is 0 Å². The fourth-order valence-electron chi connectivity index (χ4n) is 14.6. The number of aryl methyl sites for hydroxylation is 1. The van der Waals surface area contributed by atoms with Gasteiger partial charge < -0.3 is 9.80 Å². The number of benzene rings is 6. The van der Waals surface area contributed by atoms with Crippen LogP contribution in [0.1, 0.15) is 213 Å². The van der Waals surface area contributed by atoms with E-state index in [1.54, 1.807) is 0 Å². The van der Waals surface area contributed by atoms with E-state index in [4.69, 9.17) is 0 Å². The molecule has 7 aromatic rings. The van der Waals surface area contributed by atoms with Crippen molar-refractivity contribution in [3.8, 4) is 0 Å². The van der Waals surface area contributed by atoms with Crippen molar-refractivity contribution in [2.45, 2.75) is 213 Å². The molecule has 2 nitrogen and oxygen atoms in total. The standard InChI is InChI=1S/C69H83BN2S/c1-40-31-46-49(68(16,17)29-27-65(46,10)11)37-53(40)72-54-35-43-59(73-58-22-20-21-45(60(43)58)63(5,6)7)39-52(54)70-51-36-48-50(69(18,19)30-28-67(48,14)15)38-55(51)71(56-32-41(62(2,3)4)33-57(72)61(56)70)42-23-24-44-47(34-42)66(12,13)26-25-64(44,8)9/h20-24,31-39H,25-30H2,1-19H3. The van der Waals surface area contributed by atoms with Crippen LogP contribution in [0.2, 0.25) is 0 Å². The molecule has 3 heterocycles. The molecular formula is C69H83BN2S. The summed E-state index contributed by atoms with van der Waals surface area (Å²) < 4.78 is 2.76. The summed E-state index contributed by atoms with van der Waals surface area (Å²) in [5.74, 6) is 0. The molecule has 5 aliphatic rings. The number of nitrogens with zero attached hydrogens (tertiary/aromatic N) is 2. The van der Waals surface area contributed by atoms with Gasteiger partial charge >= 0.3 is 0 Å². The van der Waals surface area contributed by atoms with Gasteiger partial charge in [-0.3, -0.25) is 0 Å². The molecule has 0 fully saturated rings. The Bertz CT molecular complexity index is 3520. The van der Waals surface area contributed by atoms with Gasteiger partial charge in [0.2, 0.25) is 0 Å². The van der Waals surface area contributed by atoms with Crippen LogP contribution in [0.3, 0.4) is 0 Å². The molecule has 0 saturated carbocycles. The third kappa shape index (κ3) is 7.20. The van der Waals surface area contributed by atoms with Crippen LogP contribution < -0.4 is 26.2 Å². The molecule has 0 bridgehead atoms. The van der Waals surface area contributed by atoms with Crippen LogP contribution in [0.25, 0.3) is 20.2 Å². The predicted octanol–water partition coefficient (Wildman–Crippen LogP) is 18.1. The Morgan fingerprint density at radius 3 is 1.48 bits per heavy atom. The van der Waals surface area contributed by atoms with Crippen LogP contribution in [0.5, 0.6) is 0 Å². The van der Waals surface area contributed by atoms with Gasteiger partial charge in [-0.25, -0.2) is 0 Å². The monoisotopic (exact) mass is 983 g/mol. The van der Waals surface area contributed by atoms with Gasteiger partial charge in [0.25, 0.3) is 6.71 Å². The average Bonchev–Trinajstić information content (AvgIpc) is 3.67. The SMILES string of the molecule is Cc1cc2c(cc1N1c3cc4c(cc3B3c5cc6c(cc5N(c5ccc7c(c5)C(C)(C)CCC7(C)C)c5cc(C(C)(C)C)cc1c53)C(C)(C)CCC6(C)C)sc1cccc(C(C)(C)C)c14)C(C)(C)CCC2(C)C. The Morgan fingerprint density at radius 2 is 0.918 bits per heavy atom. The lowest BCUT2D eigenvalue weighted by Gasteiger charge is -2.49. The highest BCUT2D eigenvalue weighted by atomic mass is 32.1. The van der Waals surface area contributed by atoms with Gasteiger partial charge in [-0.15, -0.1) is 11.3 Å². The second kappa shape index (κ2) is 15.2. The maximum Gasteiger partial charge on any atom is 0.252 e. The van der Waals surface area contributed by atoms with Gasteiger partial charge in [0.05, 0.1) is 0 Å². The van der Waals surface area contributed by atoms with Crippen molar-refractivity contribution in [3.63, 3.8) is 0 Å². The zero-order valence-electron chi connectivity index (χ0n) is 48.2. The van der Waals surface area contributed by atoms with Gasteiger partial charge in [0.15, 0.2) is 0 Å². The summed E-state index contributed by atoms with van der Waals surface area (Å²) in [5, 5.41) is 2.80. The van der Waals surface area contributed by atoms with E-state index in [1.807, 2.05) is 11.3 Å². The summed E-state index contributed by atoms with van der Waals surface area (Å²) in [5.41, 5.74) is 25.8. The summed E-state index contributed by atoms with van der Waals surface area (Å²) in [6.45, 7) is 46.8. The average molecular weight is 983 g/mol. The molecule has 0 N–H and O–H groups in total. The Morgan fingerprint density at radius 1 is 0.438 bits per heavy atom. The van der Waals surface area contributed by atoms with Crippen LogP contribution in [0.15, 0.2) is 84.9 Å². The molecule has 2 aliphatic heterocycles. The van der Waals surface area contributed by atoms with E-state index < -0.39 is 0 Å². The first kappa shape index (κ1) is 49.1. The maximum atomic E-state index is 2.78. The zero-order chi connectivity index (χ0) is 52.3. The molecular weight excluding hydrogens is 900 g/mol. The van der Waals surface area contributed by atoms with E-state index in [2.05, 4.69) is 226 Å². The topological polar surface area (TPSA) is 6.48 Å². The highest BCUT2D eigenvalue weighted by Crippen LogP contribution is 2.56. The highest BCUT2D eigenvalue weighted by molar-refractivity contribution is 7.26. The van der Waals surface area contributed by atoms with Gasteiger partial charge in [0, 0.05) is 54.3 Å². The summed E-state index contributed by atoms with van der Waals surface area (Å²) >= 11 is 1.99. The molecule has 12 rings (SSSR count). The lowest BCUT2D eigenvalue weighted by Crippen LogP contribution is -2.62. The fourth-order valence-corrected chi connectivity index (χ4v) is 15.8. The number of thiophene rings is 1. The number of hydrogen-bond donors (Lipinski definition) is 0. The normalized spacial score (nSPS) is 20.5. The molecule has 3 aliphatic carbocycles. The first-order valence-electron chi connectivity index (χ1n) is 28.1. The zero-order valence-corrected chi connectivity index (χ0v) is 49.0. The van der Waals surface area contributed by atoms with Crippen molar-refractivity contribution in [3.05, 3.63) is 135 Å². The lowest BCUT2D eigenvalue weighted by atomic mass is 9.33. The molecule has 1 aromatic heterocycles. The molecule has 0 atom stereocenters. The van der Waals surface area contributed by atoms with Crippen molar-refractivity contribution in [1.29, 1.82) is 0 Å². The highest BCUT2D eigenvalue weighted by Gasteiger charge is 2.49. The van der Waals surface area contributed by atoms with E-state index in [0.29, 0.717) is 0 Å². The molecule has 0 spiro atoms. The van der Waals surface area contributed by atoms with Crippen LogP contribution in [-0.4, -0.2) is 6.71 Å². The molecule has 0 radical (unpaired) electrons. The Kier molecular flexibility index (Phi) is 10.2. The number of anilines is 6. The van der Waals surface area contributed by atoms with E-state index in [9.17, 15) is 0 Å². The summed E-state index contributed by atoms with van der Waals surface area (Å²) in [6.07, 6.45) is 7.13. The van der Waals surface area contributed by atoms with E-state index in [-0.39, 0.29) is 50.0 Å². The maximum absolute atomic E-state index is 2.78. The summed E-state index contributed by atoms with van der Waals surface area (Å²) in [6, 6.07) is 36.0. The van der Waals surface area contributed by atoms with Crippen molar-refractivity contribution in [2.24, 2.45) is 0 Å². The van der Waals surface area contributed by atoms with Crippen molar-refractivity contribution in [1.82, 2.24) is 0 Å². The fraction of sp³-hybridized carbons (Fsp3) is 0.478.